The molecular formula is C10H22BrNO. The second kappa shape index (κ2) is 4.76. The Kier molecular flexibility index (Phi) is 4.91. The van der Waals surface area contributed by atoms with Crippen LogP contribution in [0.25, 0.3) is 0 Å². The highest BCUT2D eigenvalue weighted by atomic mass is 79.9. The lowest BCUT2D eigenvalue weighted by molar-refractivity contribution is -0.0172. The summed E-state index contributed by atoms with van der Waals surface area (Å²) >= 11 is 0. The predicted octanol–water partition coefficient (Wildman–Crippen LogP) is 2.10. The molecule has 0 aromatic rings. The number of nitrogens with two attached hydrogens (primary N) is 1. The zero-order chi connectivity index (χ0) is 9.35. The van der Waals surface area contributed by atoms with Crippen molar-refractivity contribution in [1.29, 1.82) is 0 Å². The summed E-state index contributed by atoms with van der Waals surface area (Å²) in [6.07, 6.45) is 2.96. The minimum atomic E-state index is -0.620. The molecule has 0 radical (unpaired) electrons. The molecule has 3 atom stereocenters. The van der Waals surface area contributed by atoms with Gasteiger partial charge >= 0.3 is 0 Å². The standard InChI is InChI=1S/C10H21NO.BrH/c1-7(2)8-4-5-10(3,12)9(11)6-8;/h7-9,12H,4-6,11H2,1-3H3;1H. The Morgan fingerprint density at radius 1 is 1.46 bits per heavy atom. The fourth-order valence-corrected chi connectivity index (χ4v) is 1.97. The molecule has 0 saturated heterocycles. The monoisotopic (exact) mass is 251 g/mol. The first-order valence-electron chi connectivity index (χ1n) is 4.91. The smallest absolute Gasteiger partial charge is 0.0770 e. The second-order valence-corrected chi connectivity index (χ2v) is 4.74. The van der Waals surface area contributed by atoms with Gasteiger partial charge in [0.15, 0.2) is 0 Å². The molecule has 0 spiro atoms. The Hall–Kier alpha value is 0.400. The molecule has 0 aromatic heterocycles. The molecule has 3 unspecified atom stereocenters. The number of aliphatic hydroxyl groups is 1. The number of hydrogen-bond acceptors (Lipinski definition) is 2. The van der Waals surface area contributed by atoms with Crippen molar-refractivity contribution in [1.82, 2.24) is 0 Å². The molecule has 1 aliphatic carbocycles. The molecule has 0 bridgehead atoms. The average molecular weight is 252 g/mol. The first-order valence-corrected chi connectivity index (χ1v) is 4.91. The molecule has 0 aliphatic heterocycles. The number of rotatable bonds is 1. The maximum absolute atomic E-state index is 9.82. The first kappa shape index (κ1) is 13.4. The van der Waals surface area contributed by atoms with Crippen LogP contribution in [0.1, 0.15) is 40.0 Å². The third-order valence-electron chi connectivity index (χ3n) is 3.32. The molecule has 80 valence electrons. The molecule has 3 heteroatoms. The van der Waals surface area contributed by atoms with Gasteiger partial charge in [-0.2, -0.15) is 0 Å². The summed E-state index contributed by atoms with van der Waals surface area (Å²) in [6, 6.07) is -0.0290. The van der Waals surface area contributed by atoms with Crippen LogP contribution in [0.3, 0.4) is 0 Å². The van der Waals surface area contributed by atoms with Gasteiger partial charge in [0.1, 0.15) is 0 Å². The van der Waals surface area contributed by atoms with Gasteiger partial charge in [0.25, 0.3) is 0 Å². The van der Waals surface area contributed by atoms with Crippen LogP contribution in [0.15, 0.2) is 0 Å². The molecule has 1 saturated carbocycles. The van der Waals surface area contributed by atoms with Crippen LogP contribution >= 0.6 is 17.0 Å². The van der Waals surface area contributed by atoms with Crippen molar-refractivity contribution in [3.8, 4) is 0 Å². The van der Waals surface area contributed by atoms with Crippen LogP contribution in [0.2, 0.25) is 0 Å². The molecule has 2 nitrogen and oxygen atoms in total. The van der Waals surface area contributed by atoms with Crippen molar-refractivity contribution in [2.45, 2.75) is 51.7 Å². The number of hydrogen-bond donors (Lipinski definition) is 2. The van der Waals surface area contributed by atoms with Gasteiger partial charge in [0, 0.05) is 6.04 Å². The zero-order valence-corrected chi connectivity index (χ0v) is 10.5. The van der Waals surface area contributed by atoms with E-state index in [1.807, 2.05) is 6.92 Å². The summed E-state index contributed by atoms with van der Waals surface area (Å²) in [5.74, 6) is 1.41. The zero-order valence-electron chi connectivity index (χ0n) is 8.79. The normalized spacial score (nSPS) is 40.2. The minimum Gasteiger partial charge on any atom is -0.389 e. The maximum Gasteiger partial charge on any atom is 0.0770 e. The SMILES string of the molecule is Br.CC(C)C1CCC(C)(O)C(N)C1. The van der Waals surface area contributed by atoms with E-state index < -0.39 is 5.60 Å². The highest BCUT2D eigenvalue weighted by molar-refractivity contribution is 8.93. The largest absolute Gasteiger partial charge is 0.389 e. The van der Waals surface area contributed by atoms with Crippen molar-refractivity contribution in [2.75, 3.05) is 0 Å². The molecule has 0 aromatic carbocycles. The molecule has 1 rings (SSSR count). The Morgan fingerprint density at radius 2 is 2.00 bits per heavy atom. The topological polar surface area (TPSA) is 46.2 Å². The van der Waals surface area contributed by atoms with E-state index in [0.717, 1.165) is 19.3 Å². The van der Waals surface area contributed by atoms with Crippen molar-refractivity contribution < 1.29 is 5.11 Å². The van der Waals surface area contributed by atoms with E-state index in [4.69, 9.17) is 5.73 Å². The van der Waals surface area contributed by atoms with Gasteiger partial charge in [-0.05, 0) is 38.0 Å². The molecule has 0 heterocycles. The van der Waals surface area contributed by atoms with E-state index in [2.05, 4.69) is 13.8 Å². The van der Waals surface area contributed by atoms with Gasteiger partial charge in [0.2, 0.25) is 0 Å². The summed E-state index contributed by atoms with van der Waals surface area (Å²) < 4.78 is 0. The minimum absolute atomic E-state index is 0. The summed E-state index contributed by atoms with van der Waals surface area (Å²) in [5, 5.41) is 9.82. The van der Waals surface area contributed by atoms with Gasteiger partial charge in [-0.1, -0.05) is 13.8 Å². The van der Waals surface area contributed by atoms with Crippen molar-refractivity contribution in [3.63, 3.8) is 0 Å². The van der Waals surface area contributed by atoms with Crippen molar-refractivity contribution in [3.05, 3.63) is 0 Å². The summed E-state index contributed by atoms with van der Waals surface area (Å²) in [4.78, 5) is 0. The second-order valence-electron chi connectivity index (χ2n) is 4.74. The van der Waals surface area contributed by atoms with E-state index in [-0.39, 0.29) is 23.0 Å². The van der Waals surface area contributed by atoms with Gasteiger partial charge in [-0.3, -0.25) is 0 Å². The van der Waals surface area contributed by atoms with Crippen molar-refractivity contribution in [2.24, 2.45) is 17.6 Å². The van der Waals surface area contributed by atoms with Crippen LogP contribution < -0.4 is 5.73 Å². The van der Waals surface area contributed by atoms with Gasteiger partial charge in [-0.25, -0.2) is 0 Å². The summed E-state index contributed by atoms with van der Waals surface area (Å²) in [5.41, 5.74) is 5.27. The fourth-order valence-electron chi connectivity index (χ4n) is 1.97. The van der Waals surface area contributed by atoms with Crippen LogP contribution in [-0.4, -0.2) is 16.7 Å². The summed E-state index contributed by atoms with van der Waals surface area (Å²) in [7, 11) is 0. The molecule has 0 amide bonds. The maximum atomic E-state index is 9.82. The summed E-state index contributed by atoms with van der Waals surface area (Å²) in [6.45, 7) is 6.32. The Labute approximate surface area is 91.7 Å². The quantitative estimate of drug-likeness (QED) is 0.750. The third-order valence-corrected chi connectivity index (χ3v) is 3.32. The average Bonchev–Trinajstić information content (AvgIpc) is 1.94. The first-order chi connectivity index (χ1) is 5.43. The van der Waals surface area contributed by atoms with Crippen LogP contribution in [0.5, 0.6) is 0 Å². The lowest BCUT2D eigenvalue weighted by atomic mass is 9.73. The van der Waals surface area contributed by atoms with Crippen molar-refractivity contribution >= 4 is 17.0 Å². The molecule has 1 aliphatic rings. The molecule has 1 fully saturated rings. The number of halogens is 1. The lowest BCUT2D eigenvalue weighted by Crippen LogP contribution is -2.50. The molecule has 13 heavy (non-hydrogen) atoms. The van der Waals surface area contributed by atoms with Gasteiger partial charge < -0.3 is 10.8 Å². The van der Waals surface area contributed by atoms with Crippen LogP contribution in [0.4, 0.5) is 0 Å². The lowest BCUT2D eigenvalue weighted by Gasteiger charge is -2.40. The van der Waals surface area contributed by atoms with Crippen LogP contribution in [0, 0.1) is 11.8 Å². The van der Waals surface area contributed by atoms with Gasteiger partial charge in [-0.15, -0.1) is 17.0 Å². The Balaban J connectivity index is 0.00000144. The molecular weight excluding hydrogens is 230 g/mol. The van der Waals surface area contributed by atoms with E-state index in [0.29, 0.717) is 11.8 Å². The van der Waals surface area contributed by atoms with E-state index in [9.17, 15) is 5.11 Å². The Bertz CT molecular complexity index is 159. The van der Waals surface area contributed by atoms with E-state index >= 15 is 0 Å². The fraction of sp³-hybridized carbons (Fsp3) is 1.00. The van der Waals surface area contributed by atoms with E-state index in [1.165, 1.54) is 0 Å². The Morgan fingerprint density at radius 3 is 2.38 bits per heavy atom. The highest BCUT2D eigenvalue weighted by Gasteiger charge is 2.36. The third kappa shape index (κ3) is 3.22. The predicted molar refractivity (Wildman–Crippen MR) is 61.1 cm³/mol. The molecule has 3 N–H and O–H groups in total. The van der Waals surface area contributed by atoms with E-state index in [1.54, 1.807) is 0 Å². The van der Waals surface area contributed by atoms with Crippen LogP contribution in [-0.2, 0) is 0 Å². The van der Waals surface area contributed by atoms with Gasteiger partial charge in [0.05, 0.1) is 5.60 Å². The highest BCUT2D eigenvalue weighted by Crippen LogP contribution is 2.34.